The van der Waals surface area contributed by atoms with Crippen molar-refractivity contribution < 1.29 is 0 Å². The van der Waals surface area contributed by atoms with Crippen LogP contribution in [0.15, 0.2) is 73.2 Å². The summed E-state index contributed by atoms with van der Waals surface area (Å²) in [7, 11) is 0. The molecule has 4 rings (SSSR count). The minimum atomic E-state index is 1.12. The maximum absolute atomic E-state index is 3.33. The standard InChI is InChI=1S/C18H15N3/c1-5-13(15-7-2-10-19-15)18(17-9-4-12-21-17)14(6-1)16-8-3-11-20-16/h1-12,19-21H. The zero-order valence-electron chi connectivity index (χ0n) is 11.4. The Morgan fingerprint density at radius 1 is 0.476 bits per heavy atom. The van der Waals surface area contributed by atoms with E-state index in [-0.39, 0.29) is 0 Å². The Morgan fingerprint density at radius 3 is 1.38 bits per heavy atom. The quantitative estimate of drug-likeness (QED) is 0.486. The average molecular weight is 273 g/mol. The van der Waals surface area contributed by atoms with Crippen LogP contribution in [0.5, 0.6) is 0 Å². The zero-order chi connectivity index (χ0) is 14.1. The van der Waals surface area contributed by atoms with Gasteiger partial charge in [-0.15, -0.1) is 0 Å². The van der Waals surface area contributed by atoms with Gasteiger partial charge in [0.25, 0.3) is 0 Å². The summed E-state index contributed by atoms with van der Waals surface area (Å²) in [6.45, 7) is 0. The molecule has 3 nitrogen and oxygen atoms in total. The smallest absolute Gasteiger partial charge is 0.0467 e. The highest BCUT2D eigenvalue weighted by Crippen LogP contribution is 2.38. The van der Waals surface area contributed by atoms with Gasteiger partial charge in [0.05, 0.1) is 0 Å². The molecule has 0 bridgehead atoms. The van der Waals surface area contributed by atoms with Crippen LogP contribution >= 0.6 is 0 Å². The van der Waals surface area contributed by atoms with Crippen LogP contribution < -0.4 is 0 Å². The lowest BCUT2D eigenvalue weighted by Gasteiger charge is -2.12. The number of aromatic amines is 3. The van der Waals surface area contributed by atoms with Crippen molar-refractivity contribution in [1.29, 1.82) is 0 Å². The van der Waals surface area contributed by atoms with E-state index < -0.39 is 0 Å². The van der Waals surface area contributed by atoms with Gasteiger partial charge in [-0.25, -0.2) is 0 Å². The van der Waals surface area contributed by atoms with Crippen LogP contribution in [0, 0.1) is 0 Å². The van der Waals surface area contributed by atoms with Gasteiger partial charge in [-0.05, 0) is 36.4 Å². The van der Waals surface area contributed by atoms with Gasteiger partial charge in [-0.3, -0.25) is 0 Å². The minimum Gasteiger partial charge on any atom is -0.361 e. The molecule has 0 radical (unpaired) electrons. The van der Waals surface area contributed by atoms with Gasteiger partial charge in [0.2, 0.25) is 0 Å². The first kappa shape index (κ1) is 11.9. The van der Waals surface area contributed by atoms with E-state index in [1.807, 2.05) is 36.8 Å². The Balaban J connectivity index is 2.03. The Bertz CT molecular complexity index is 770. The molecule has 102 valence electrons. The predicted molar refractivity (Wildman–Crippen MR) is 85.8 cm³/mol. The Labute approximate surface area is 122 Å². The molecule has 21 heavy (non-hydrogen) atoms. The van der Waals surface area contributed by atoms with Crippen LogP contribution in [0.1, 0.15) is 0 Å². The summed E-state index contributed by atoms with van der Waals surface area (Å²) in [6.07, 6.45) is 5.86. The van der Waals surface area contributed by atoms with Crippen LogP contribution in [0.4, 0.5) is 0 Å². The third-order valence-corrected chi connectivity index (χ3v) is 3.71. The fourth-order valence-electron chi connectivity index (χ4n) is 2.77. The number of aromatic nitrogens is 3. The van der Waals surface area contributed by atoms with Gasteiger partial charge in [-0.2, -0.15) is 0 Å². The molecule has 3 heterocycles. The van der Waals surface area contributed by atoms with Crippen molar-refractivity contribution >= 4 is 0 Å². The SMILES string of the molecule is c1c[nH]c(-c2cccc(-c3ccc[nH]3)c2-c2ccc[nH]2)c1. The largest absolute Gasteiger partial charge is 0.361 e. The van der Waals surface area contributed by atoms with Crippen LogP contribution in [-0.2, 0) is 0 Å². The van der Waals surface area contributed by atoms with Crippen LogP contribution in [0.25, 0.3) is 33.8 Å². The van der Waals surface area contributed by atoms with Crippen molar-refractivity contribution in [3.05, 3.63) is 73.2 Å². The fourth-order valence-corrected chi connectivity index (χ4v) is 2.77. The minimum absolute atomic E-state index is 1.12. The first-order chi connectivity index (χ1) is 10.4. The van der Waals surface area contributed by atoms with Crippen molar-refractivity contribution in [3.63, 3.8) is 0 Å². The summed E-state index contributed by atoms with van der Waals surface area (Å²) >= 11 is 0. The Kier molecular flexibility index (Phi) is 2.75. The molecule has 0 aliphatic heterocycles. The molecule has 0 fully saturated rings. The Morgan fingerprint density at radius 2 is 0.952 bits per heavy atom. The summed E-state index contributed by atoms with van der Waals surface area (Å²) in [5, 5.41) is 0. The Hall–Kier alpha value is -2.94. The van der Waals surface area contributed by atoms with Crippen molar-refractivity contribution in [2.45, 2.75) is 0 Å². The zero-order valence-corrected chi connectivity index (χ0v) is 11.4. The van der Waals surface area contributed by atoms with E-state index >= 15 is 0 Å². The molecule has 0 amide bonds. The molecule has 0 aliphatic carbocycles. The highest BCUT2D eigenvalue weighted by molar-refractivity contribution is 5.91. The normalized spacial score (nSPS) is 10.9. The summed E-state index contributed by atoms with van der Waals surface area (Å²) < 4.78 is 0. The molecule has 3 aromatic heterocycles. The third-order valence-electron chi connectivity index (χ3n) is 3.71. The maximum atomic E-state index is 3.33. The second-order valence-corrected chi connectivity index (χ2v) is 4.98. The van der Waals surface area contributed by atoms with E-state index in [9.17, 15) is 0 Å². The second kappa shape index (κ2) is 4.87. The average Bonchev–Trinajstić information content (AvgIpc) is 3.28. The van der Waals surface area contributed by atoms with Gasteiger partial charge < -0.3 is 15.0 Å². The third kappa shape index (κ3) is 1.99. The van der Waals surface area contributed by atoms with Gasteiger partial charge in [0.15, 0.2) is 0 Å². The lowest BCUT2D eigenvalue weighted by molar-refractivity contribution is 1.35. The van der Waals surface area contributed by atoms with E-state index in [0.717, 1.165) is 17.1 Å². The van der Waals surface area contributed by atoms with Crippen molar-refractivity contribution in [2.75, 3.05) is 0 Å². The lowest BCUT2D eigenvalue weighted by Crippen LogP contribution is -1.90. The molecule has 0 saturated heterocycles. The first-order valence-electron chi connectivity index (χ1n) is 6.98. The van der Waals surface area contributed by atoms with Crippen molar-refractivity contribution in [1.82, 2.24) is 15.0 Å². The number of nitrogens with one attached hydrogen (secondary N) is 3. The molecule has 3 heteroatoms. The van der Waals surface area contributed by atoms with Gasteiger partial charge in [-0.1, -0.05) is 18.2 Å². The molecular formula is C18H15N3. The molecule has 0 spiro atoms. The van der Waals surface area contributed by atoms with Crippen LogP contribution in [0.3, 0.4) is 0 Å². The van der Waals surface area contributed by atoms with Crippen LogP contribution in [-0.4, -0.2) is 15.0 Å². The van der Waals surface area contributed by atoms with Crippen molar-refractivity contribution in [3.8, 4) is 33.8 Å². The number of hydrogen-bond donors (Lipinski definition) is 3. The van der Waals surface area contributed by atoms with Crippen molar-refractivity contribution in [2.24, 2.45) is 0 Å². The summed E-state index contributed by atoms with van der Waals surface area (Å²) in [4.78, 5) is 9.94. The van der Waals surface area contributed by atoms with E-state index in [0.29, 0.717) is 0 Å². The molecule has 1 aromatic carbocycles. The van der Waals surface area contributed by atoms with Gasteiger partial charge in [0.1, 0.15) is 0 Å². The van der Waals surface area contributed by atoms with Gasteiger partial charge >= 0.3 is 0 Å². The molecule has 0 atom stereocenters. The summed E-state index contributed by atoms with van der Waals surface area (Å²) in [5.74, 6) is 0. The topological polar surface area (TPSA) is 47.4 Å². The molecule has 4 aromatic rings. The molecular weight excluding hydrogens is 258 g/mol. The lowest BCUT2D eigenvalue weighted by atomic mass is 9.94. The second-order valence-electron chi connectivity index (χ2n) is 4.98. The number of rotatable bonds is 3. The van der Waals surface area contributed by atoms with E-state index in [1.54, 1.807) is 0 Å². The summed E-state index contributed by atoms with van der Waals surface area (Å²) in [5.41, 5.74) is 6.93. The maximum Gasteiger partial charge on any atom is 0.0467 e. The first-order valence-corrected chi connectivity index (χ1v) is 6.98. The van der Waals surface area contributed by atoms with E-state index in [2.05, 4.69) is 51.4 Å². The molecule has 3 N–H and O–H groups in total. The van der Waals surface area contributed by atoms with Crippen LogP contribution in [0.2, 0.25) is 0 Å². The molecule has 0 saturated carbocycles. The summed E-state index contributed by atoms with van der Waals surface area (Å²) in [6, 6.07) is 18.8. The predicted octanol–water partition coefficient (Wildman–Crippen LogP) is 4.67. The number of hydrogen-bond acceptors (Lipinski definition) is 0. The number of H-pyrrole nitrogens is 3. The highest BCUT2D eigenvalue weighted by Gasteiger charge is 2.15. The van der Waals surface area contributed by atoms with E-state index in [4.69, 9.17) is 0 Å². The number of benzene rings is 1. The van der Waals surface area contributed by atoms with E-state index in [1.165, 1.54) is 16.7 Å². The molecule has 0 aliphatic rings. The monoisotopic (exact) mass is 273 g/mol. The fraction of sp³-hybridized carbons (Fsp3) is 0. The molecule has 0 unspecified atom stereocenters. The van der Waals surface area contributed by atoms with Gasteiger partial charge in [0, 0.05) is 52.4 Å². The highest BCUT2D eigenvalue weighted by atomic mass is 14.7.